The number of ketones is 2. The third-order valence-corrected chi connectivity index (χ3v) is 5.97. The highest BCUT2D eigenvalue weighted by Gasteiger charge is 2.47. The standard InChI is InChI=1S/C23H27NO6/c25-18-12-11-16(23(30)24-18)20-21(28)15-10-9-14(13-17(15)22(20)29)7-5-3-1-2-4-6-8-19(26)27/h9-10,13,16,20H,1-8,11-12H2,(H,26,27)(H,24,25,30). The van der Waals surface area contributed by atoms with Crippen LogP contribution in [0.3, 0.4) is 0 Å². The number of amides is 2. The Morgan fingerprint density at radius 3 is 2.30 bits per heavy atom. The maximum atomic E-state index is 12.9. The zero-order valence-corrected chi connectivity index (χ0v) is 16.9. The summed E-state index contributed by atoms with van der Waals surface area (Å²) in [7, 11) is 0. The zero-order valence-electron chi connectivity index (χ0n) is 16.9. The molecule has 30 heavy (non-hydrogen) atoms. The van der Waals surface area contributed by atoms with E-state index in [2.05, 4.69) is 5.32 Å². The van der Waals surface area contributed by atoms with E-state index in [0.29, 0.717) is 17.5 Å². The number of imide groups is 1. The first-order chi connectivity index (χ1) is 14.4. The minimum Gasteiger partial charge on any atom is -0.481 e. The molecule has 0 radical (unpaired) electrons. The zero-order chi connectivity index (χ0) is 21.7. The topological polar surface area (TPSA) is 118 Å². The van der Waals surface area contributed by atoms with E-state index >= 15 is 0 Å². The van der Waals surface area contributed by atoms with Crippen molar-refractivity contribution in [3.8, 4) is 0 Å². The molecule has 2 unspecified atom stereocenters. The van der Waals surface area contributed by atoms with Crippen LogP contribution in [0, 0.1) is 11.8 Å². The normalized spacial score (nSPS) is 20.9. The molecule has 0 saturated carbocycles. The SMILES string of the molecule is O=C(O)CCCCCCCCc1ccc2c(c1)C(=O)C(C1CCC(=O)NC1=O)C2=O. The highest BCUT2D eigenvalue weighted by atomic mass is 16.4. The van der Waals surface area contributed by atoms with Crippen LogP contribution >= 0.6 is 0 Å². The van der Waals surface area contributed by atoms with Crippen molar-refractivity contribution in [3.05, 3.63) is 34.9 Å². The summed E-state index contributed by atoms with van der Waals surface area (Å²) >= 11 is 0. The van der Waals surface area contributed by atoms with Gasteiger partial charge in [0.15, 0.2) is 11.6 Å². The summed E-state index contributed by atoms with van der Waals surface area (Å²) in [4.78, 5) is 59.6. The predicted octanol–water partition coefficient (Wildman–Crippen LogP) is 3.09. The Kier molecular flexibility index (Phi) is 7.13. The molecule has 7 heteroatoms. The van der Waals surface area contributed by atoms with Crippen molar-refractivity contribution in [2.24, 2.45) is 11.8 Å². The molecule has 0 bridgehead atoms. The Bertz CT molecular complexity index is 874. The fourth-order valence-corrected chi connectivity index (χ4v) is 4.33. The monoisotopic (exact) mass is 413 g/mol. The molecule has 160 valence electrons. The van der Waals surface area contributed by atoms with Gasteiger partial charge in [-0.05, 0) is 37.3 Å². The van der Waals surface area contributed by atoms with Gasteiger partial charge in [-0.25, -0.2) is 0 Å². The van der Waals surface area contributed by atoms with Crippen LogP contribution in [0.25, 0.3) is 0 Å². The molecule has 0 spiro atoms. The maximum Gasteiger partial charge on any atom is 0.303 e. The van der Waals surface area contributed by atoms with Gasteiger partial charge in [-0.2, -0.15) is 0 Å². The number of rotatable bonds is 10. The average molecular weight is 413 g/mol. The summed E-state index contributed by atoms with van der Waals surface area (Å²) in [5.41, 5.74) is 1.75. The first-order valence-electron chi connectivity index (χ1n) is 10.7. The van der Waals surface area contributed by atoms with E-state index in [1.165, 1.54) is 0 Å². The molecule has 1 fully saturated rings. The molecular weight excluding hydrogens is 386 g/mol. The molecule has 2 N–H and O–H groups in total. The third kappa shape index (κ3) is 5.01. The molecule has 2 atom stereocenters. The molecule has 1 aromatic rings. The van der Waals surface area contributed by atoms with Crippen LogP contribution in [0.5, 0.6) is 0 Å². The van der Waals surface area contributed by atoms with E-state index in [9.17, 15) is 24.0 Å². The number of nitrogens with one attached hydrogen (secondary N) is 1. The summed E-state index contributed by atoms with van der Waals surface area (Å²) in [6.45, 7) is 0. The van der Waals surface area contributed by atoms with E-state index in [1.54, 1.807) is 12.1 Å². The first kappa shape index (κ1) is 21.9. The lowest BCUT2D eigenvalue weighted by Gasteiger charge is -2.23. The van der Waals surface area contributed by atoms with E-state index in [1.807, 2.05) is 6.07 Å². The second kappa shape index (κ2) is 9.78. The van der Waals surface area contributed by atoms with E-state index < -0.39 is 23.7 Å². The van der Waals surface area contributed by atoms with Crippen LogP contribution in [-0.2, 0) is 20.8 Å². The number of carboxylic acid groups (broad SMARTS) is 1. The predicted molar refractivity (Wildman–Crippen MR) is 108 cm³/mol. The van der Waals surface area contributed by atoms with E-state index in [-0.39, 0.29) is 36.7 Å². The number of aliphatic carboxylic acids is 1. The number of carboxylic acids is 1. The molecule has 2 aliphatic rings. The number of benzene rings is 1. The lowest BCUT2D eigenvalue weighted by molar-refractivity contribution is -0.138. The molecule has 2 amide bonds. The van der Waals surface area contributed by atoms with Crippen LogP contribution in [0.1, 0.15) is 84.1 Å². The number of unbranched alkanes of at least 4 members (excludes halogenated alkanes) is 5. The smallest absolute Gasteiger partial charge is 0.303 e. The van der Waals surface area contributed by atoms with E-state index in [4.69, 9.17) is 5.11 Å². The average Bonchev–Trinajstić information content (AvgIpc) is 2.94. The van der Waals surface area contributed by atoms with Crippen LogP contribution in [0.15, 0.2) is 18.2 Å². The minimum atomic E-state index is -1.02. The number of Topliss-reactive ketones (excluding diaryl/α,β-unsaturated/α-hetero) is 2. The number of fused-ring (bicyclic) bond motifs is 1. The molecule has 1 aromatic carbocycles. The van der Waals surface area contributed by atoms with Crippen molar-refractivity contribution in [3.63, 3.8) is 0 Å². The molecule has 1 aliphatic carbocycles. The Balaban J connectivity index is 1.52. The molecule has 3 rings (SSSR count). The summed E-state index contributed by atoms with van der Waals surface area (Å²) in [6.07, 6.45) is 7.05. The maximum absolute atomic E-state index is 12.9. The number of carbonyl (C=O) groups excluding carboxylic acids is 4. The van der Waals surface area contributed by atoms with Gasteiger partial charge in [0.05, 0.1) is 11.8 Å². The summed E-state index contributed by atoms with van der Waals surface area (Å²) < 4.78 is 0. The van der Waals surface area contributed by atoms with Gasteiger partial charge in [0.2, 0.25) is 11.8 Å². The van der Waals surface area contributed by atoms with Gasteiger partial charge < -0.3 is 5.11 Å². The van der Waals surface area contributed by atoms with Crippen LogP contribution in [-0.4, -0.2) is 34.5 Å². The Labute approximate surface area is 175 Å². The van der Waals surface area contributed by atoms with Gasteiger partial charge in [0.1, 0.15) is 0 Å². The third-order valence-electron chi connectivity index (χ3n) is 5.97. The molecule has 1 heterocycles. The van der Waals surface area contributed by atoms with Crippen molar-refractivity contribution >= 4 is 29.4 Å². The number of hydrogen-bond donors (Lipinski definition) is 2. The summed E-state index contributed by atoms with van der Waals surface area (Å²) in [5.74, 6) is -4.08. The second-order valence-corrected chi connectivity index (χ2v) is 8.16. The van der Waals surface area contributed by atoms with Crippen molar-refractivity contribution in [2.45, 2.75) is 64.2 Å². The van der Waals surface area contributed by atoms with Crippen molar-refractivity contribution in [1.82, 2.24) is 5.32 Å². The lowest BCUT2D eigenvalue weighted by atomic mass is 9.82. The minimum absolute atomic E-state index is 0.144. The fraction of sp³-hybridized carbons (Fsp3) is 0.522. The molecule has 1 aliphatic heterocycles. The van der Waals surface area contributed by atoms with Crippen molar-refractivity contribution in [2.75, 3.05) is 0 Å². The highest BCUT2D eigenvalue weighted by Crippen LogP contribution is 2.35. The van der Waals surface area contributed by atoms with Crippen molar-refractivity contribution < 1.29 is 29.1 Å². The van der Waals surface area contributed by atoms with Gasteiger partial charge in [-0.1, -0.05) is 37.8 Å². The number of piperidine rings is 1. The summed E-state index contributed by atoms with van der Waals surface area (Å²) in [6, 6.07) is 5.32. The number of hydrogen-bond acceptors (Lipinski definition) is 5. The molecule has 1 saturated heterocycles. The van der Waals surface area contributed by atoms with Gasteiger partial charge >= 0.3 is 5.97 Å². The van der Waals surface area contributed by atoms with Gasteiger partial charge in [-0.3, -0.25) is 29.3 Å². The number of aryl methyl sites for hydroxylation is 1. The molecular formula is C23H27NO6. The summed E-state index contributed by atoms with van der Waals surface area (Å²) in [5, 5.41) is 10.8. The van der Waals surface area contributed by atoms with Crippen LogP contribution in [0.4, 0.5) is 0 Å². The largest absolute Gasteiger partial charge is 0.481 e. The number of carbonyl (C=O) groups is 5. The Hall–Kier alpha value is -2.83. The molecule has 7 nitrogen and oxygen atoms in total. The van der Waals surface area contributed by atoms with Gasteiger partial charge in [0.25, 0.3) is 0 Å². The van der Waals surface area contributed by atoms with E-state index in [0.717, 1.165) is 44.1 Å². The lowest BCUT2D eigenvalue weighted by Crippen LogP contribution is -2.46. The first-order valence-corrected chi connectivity index (χ1v) is 10.7. The highest BCUT2D eigenvalue weighted by molar-refractivity contribution is 6.28. The van der Waals surface area contributed by atoms with Crippen LogP contribution in [0.2, 0.25) is 0 Å². The van der Waals surface area contributed by atoms with Gasteiger partial charge in [0, 0.05) is 24.0 Å². The van der Waals surface area contributed by atoms with Crippen LogP contribution < -0.4 is 5.32 Å². The Morgan fingerprint density at radius 1 is 0.933 bits per heavy atom. The quantitative estimate of drug-likeness (QED) is 0.346. The second-order valence-electron chi connectivity index (χ2n) is 8.16. The molecule has 0 aromatic heterocycles. The Morgan fingerprint density at radius 2 is 1.60 bits per heavy atom. The fourth-order valence-electron chi connectivity index (χ4n) is 4.33. The van der Waals surface area contributed by atoms with Gasteiger partial charge in [-0.15, -0.1) is 0 Å². The van der Waals surface area contributed by atoms with Crippen molar-refractivity contribution in [1.29, 1.82) is 0 Å².